The Morgan fingerprint density at radius 2 is 1.71 bits per heavy atom. The minimum Gasteiger partial charge on any atom is -0.495 e. The minimum atomic E-state index is -0.427. The van der Waals surface area contributed by atoms with E-state index in [0.29, 0.717) is 76.0 Å². The number of carbonyl (C=O) groups is 3. The lowest BCUT2D eigenvalue weighted by molar-refractivity contribution is -0.164. The number of likely N-dealkylation sites (N-methyl/N-ethyl adjacent to an activating group) is 2. The van der Waals surface area contributed by atoms with Crippen molar-refractivity contribution in [1.29, 1.82) is 5.26 Å². The minimum absolute atomic E-state index is 0.0525. The maximum atomic E-state index is 13.4. The van der Waals surface area contributed by atoms with Crippen molar-refractivity contribution in [3.63, 3.8) is 0 Å². The second-order valence-electron chi connectivity index (χ2n) is 17.4. The largest absolute Gasteiger partial charge is 0.495 e. The summed E-state index contributed by atoms with van der Waals surface area (Å²) in [6, 6.07) is 11.9. The first kappa shape index (κ1) is 43.9. The van der Waals surface area contributed by atoms with Gasteiger partial charge in [0.2, 0.25) is 17.8 Å². The lowest BCUT2D eigenvalue weighted by Crippen LogP contribution is -2.74. The number of hydrogen-bond acceptors (Lipinski definition) is 13. The number of carbonyl (C=O) groups excluding carboxylic acids is 3. The van der Waals surface area contributed by atoms with E-state index >= 15 is 0 Å². The lowest BCUT2D eigenvalue weighted by Gasteiger charge is -2.63. The zero-order valence-electron chi connectivity index (χ0n) is 36.5. The summed E-state index contributed by atoms with van der Waals surface area (Å²) in [4.78, 5) is 63.9. The van der Waals surface area contributed by atoms with Gasteiger partial charge in [0.05, 0.1) is 35.1 Å². The average Bonchev–Trinajstić information content (AvgIpc) is 3.80. The van der Waals surface area contributed by atoms with Crippen LogP contribution < -0.4 is 40.1 Å². The third-order valence-electron chi connectivity index (χ3n) is 12.5. The van der Waals surface area contributed by atoms with E-state index in [-0.39, 0.29) is 42.0 Å². The van der Waals surface area contributed by atoms with Crippen LogP contribution in [0.3, 0.4) is 0 Å². The number of fused-ring (bicyclic) bond motifs is 1. The van der Waals surface area contributed by atoms with E-state index in [9.17, 15) is 19.6 Å². The molecule has 0 bridgehead atoms. The van der Waals surface area contributed by atoms with Gasteiger partial charge in [-0.2, -0.15) is 10.2 Å². The van der Waals surface area contributed by atoms with Crippen molar-refractivity contribution in [2.75, 3.05) is 54.3 Å². The molecule has 4 aromatic rings. The van der Waals surface area contributed by atoms with Crippen molar-refractivity contribution < 1.29 is 23.9 Å². The molecule has 3 N–H and O–H groups in total. The van der Waals surface area contributed by atoms with Gasteiger partial charge < -0.3 is 40.1 Å². The summed E-state index contributed by atoms with van der Waals surface area (Å²) in [5.41, 5.74) is 1.51. The Morgan fingerprint density at radius 1 is 1.00 bits per heavy atom. The summed E-state index contributed by atoms with van der Waals surface area (Å²) in [6.07, 6.45) is 9.39. The summed E-state index contributed by atoms with van der Waals surface area (Å²) in [5, 5.41) is 18.9. The highest BCUT2D eigenvalue weighted by Crippen LogP contribution is 2.55. The first-order chi connectivity index (χ1) is 29.6. The Morgan fingerprint density at radius 3 is 2.35 bits per heavy atom. The molecule has 1 atom stereocenters. The topological polar surface area (TPSA) is 191 Å². The Balaban J connectivity index is 0.923. The fraction of sp³-hybridized carbons (Fsp3) is 0.467. The van der Waals surface area contributed by atoms with Gasteiger partial charge in [-0.25, -0.2) is 15.0 Å². The molecule has 2 fully saturated rings. The van der Waals surface area contributed by atoms with E-state index in [2.05, 4.69) is 41.9 Å². The summed E-state index contributed by atoms with van der Waals surface area (Å²) < 4.78 is 12.0. The van der Waals surface area contributed by atoms with Crippen LogP contribution in [0.4, 0.5) is 29.1 Å². The van der Waals surface area contributed by atoms with E-state index < -0.39 is 10.8 Å². The van der Waals surface area contributed by atoms with Gasteiger partial charge in [0, 0.05) is 74.1 Å². The van der Waals surface area contributed by atoms with Gasteiger partial charge in [-0.1, -0.05) is 59.1 Å². The van der Waals surface area contributed by atoms with E-state index in [1.807, 2.05) is 34.6 Å². The quantitative estimate of drug-likeness (QED) is 0.124. The van der Waals surface area contributed by atoms with Crippen LogP contribution in [0.25, 0.3) is 0 Å². The molecular formula is C45H54ClN11O5. The van der Waals surface area contributed by atoms with Crippen molar-refractivity contribution in [3.8, 4) is 17.6 Å². The molecular weight excluding hydrogens is 810 g/mol. The summed E-state index contributed by atoms with van der Waals surface area (Å²) in [6.45, 7) is 10.9. The van der Waals surface area contributed by atoms with Crippen LogP contribution in [0, 0.1) is 22.2 Å². The molecule has 7 rings (SSSR count). The average molecular weight is 864 g/mol. The van der Waals surface area contributed by atoms with E-state index in [0.717, 1.165) is 31.5 Å². The molecule has 0 radical (unpaired) electrons. The lowest BCUT2D eigenvalue weighted by atomic mass is 9.49. The molecule has 16 nitrogen and oxygen atoms in total. The molecule has 326 valence electrons. The predicted octanol–water partition coefficient (Wildman–Crippen LogP) is 6.53. The standard InChI is InChI=1S/C45H54ClN11O5/c1-9-33-39(60)56(7)34-25-49-42(53-36(34)57(33)29-12-10-11-13-29)52-32-17-15-26(20-35(32)61-8)37(58)48-18-19-55(6)43-50-23-28(24-51-43)38(59)54-40-44(2,3)41(45(40,4)5)62-30-16-14-27(22-47)31(46)21-30/h14-17,20-21,23-25,29,33,40-41H,9-13,18-19H2,1-8H3,(H,48,58)(H,54,59)(H,49,52,53). The number of benzene rings is 2. The van der Waals surface area contributed by atoms with Gasteiger partial charge in [0.1, 0.15) is 35.4 Å². The Bertz CT molecular complexity index is 2360. The zero-order valence-corrected chi connectivity index (χ0v) is 37.2. The van der Waals surface area contributed by atoms with E-state index in [1.54, 1.807) is 66.5 Å². The smallest absolute Gasteiger partial charge is 0.254 e. The normalized spacial score (nSPS) is 20.1. The SMILES string of the molecule is CCC1C(=O)N(C)c2cnc(Nc3ccc(C(=O)NCCN(C)c4ncc(C(=O)NC5C(C)(C)C(Oc6ccc(C#N)c(Cl)c6)C5(C)C)cn4)cc3OC)nc2N1C1CCCC1. The molecule has 3 aliphatic rings. The van der Waals surface area contributed by atoms with Gasteiger partial charge in [-0.3, -0.25) is 14.4 Å². The van der Waals surface area contributed by atoms with Gasteiger partial charge >= 0.3 is 0 Å². The second kappa shape index (κ2) is 17.6. The monoisotopic (exact) mass is 863 g/mol. The van der Waals surface area contributed by atoms with Crippen LogP contribution >= 0.6 is 11.6 Å². The number of hydrogen-bond donors (Lipinski definition) is 3. The number of methoxy groups -OCH3 is 1. The van der Waals surface area contributed by atoms with Crippen molar-refractivity contribution in [1.82, 2.24) is 30.6 Å². The Kier molecular flexibility index (Phi) is 12.5. The molecule has 2 aromatic carbocycles. The molecule has 2 aromatic heterocycles. The highest BCUT2D eigenvalue weighted by atomic mass is 35.5. The van der Waals surface area contributed by atoms with Crippen LogP contribution in [-0.2, 0) is 4.79 Å². The van der Waals surface area contributed by atoms with E-state index in [1.165, 1.54) is 19.5 Å². The number of anilines is 5. The molecule has 0 spiro atoms. The third-order valence-corrected chi connectivity index (χ3v) is 12.8. The van der Waals surface area contributed by atoms with Crippen molar-refractivity contribution in [2.45, 2.75) is 91.0 Å². The van der Waals surface area contributed by atoms with Gasteiger partial charge in [-0.05, 0) is 49.6 Å². The Labute approximate surface area is 367 Å². The summed E-state index contributed by atoms with van der Waals surface area (Å²) in [7, 11) is 5.11. The molecule has 62 heavy (non-hydrogen) atoms. The molecule has 17 heteroatoms. The molecule has 1 aliphatic heterocycles. The first-order valence-electron chi connectivity index (χ1n) is 21.0. The molecule has 0 saturated heterocycles. The highest BCUT2D eigenvalue weighted by Gasteiger charge is 2.64. The summed E-state index contributed by atoms with van der Waals surface area (Å²) >= 11 is 6.24. The second-order valence-corrected chi connectivity index (χ2v) is 17.8. The number of amides is 3. The molecule has 3 amide bonds. The maximum absolute atomic E-state index is 13.4. The highest BCUT2D eigenvalue weighted by molar-refractivity contribution is 6.31. The van der Waals surface area contributed by atoms with Crippen molar-refractivity contribution in [2.24, 2.45) is 10.8 Å². The number of aromatic nitrogens is 4. The first-order valence-corrected chi connectivity index (χ1v) is 21.3. The third kappa shape index (κ3) is 8.37. The van der Waals surface area contributed by atoms with Crippen LogP contribution in [0.15, 0.2) is 55.0 Å². The summed E-state index contributed by atoms with van der Waals surface area (Å²) in [5.74, 6) is 1.95. The van der Waals surface area contributed by atoms with E-state index in [4.69, 9.17) is 26.1 Å². The van der Waals surface area contributed by atoms with Crippen molar-refractivity contribution >= 4 is 58.4 Å². The molecule has 3 heterocycles. The predicted molar refractivity (Wildman–Crippen MR) is 238 cm³/mol. The molecule has 2 saturated carbocycles. The zero-order chi connectivity index (χ0) is 44.5. The van der Waals surface area contributed by atoms with Gasteiger partial charge in [0.15, 0.2) is 5.82 Å². The number of nitrogens with zero attached hydrogens (tertiary/aromatic N) is 8. The number of halogens is 1. The van der Waals surface area contributed by atoms with Gasteiger partial charge in [-0.15, -0.1) is 0 Å². The molecule has 1 unspecified atom stereocenters. The van der Waals surface area contributed by atoms with Crippen LogP contribution in [0.2, 0.25) is 5.02 Å². The van der Waals surface area contributed by atoms with Crippen LogP contribution in [0.5, 0.6) is 11.5 Å². The molecule has 2 aliphatic carbocycles. The fourth-order valence-corrected chi connectivity index (χ4v) is 9.70. The number of ether oxygens (including phenoxy) is 2. The number of rotatable bonds is 14. The van der Waals surface area contributed by atoms with Gasteiger partial charge in [0.25, 0.3) is 11.8 Å². The fourth-order valence-electron chi connectivity index (χ4n) is 9.48. The maximum Gasteiger partial charge on any atom is 0.254 e. The van der Waals surface area contributed by atoms with Crippen molar-refractivity contribution in [3.05, 3.63) is 76.7 Å². The number of nitrogens with one attached hydrogen (secondary N) is 3. The number of nitriles is 1. The Hall–Kier alpha value is -6.21. The van der Waals surface area contributed by atoms with Crippen LogP contribution in [-0.4, -0.2) is 96.2 Å². The van der Waals surface area contributed by atoms with Crippen LogP contribution in [0.1, 0.15) is 93.0 Å².